The molecule has 0 aliphatic rings. The molecule has 0 unspecified atom stereocenters. The summed E-state index contributed by atoms with van der Waals surface area (Å²) in [4.78, 5) is 98.5. The first-order valence-corrected chi connectivity index (χ1v) is 43.3. The Morgan fingerprint density at radius 3 is 0.632 bits per heavy atom. The summed E-state index contributed by atoms with van der Waals surface area (Å²) in [6, 6.07) is 105. The lowest BCUT2D eigenvalue weighted by molar-refractivity contribution is -0.135. The summed E-state index contributed by atoms with van der Waals surface area (Å²) in [5.74, 6) is -2.88. The average Bonchev–Trinajstić information content (AvgIpc) is 0.828. The van der Waals surface area contributed by atoms with Gasteiger partial charge in [0.25, 0.3) is 0 Å². The van der Waals surface area contributed by atoms with Gasteiger partial charge in [-0.25, -0.2) is 28.8 Å². The fourth-order valence-electron chi connectivity index (χ4n) is 12.4. The molecule has 6 N–H and O–H groups in total. The van der Waals surface area contributed by atoms with Gasteiger partial charge in [-0.2, -0.15) is 30.6 Å². The molecule has 0 bridgehead atoms. The van der Waals surface area contributed by atoms with Crippen molar-refractivity contribution in [1.29, 1.82) is 0 Å². The van der Waals surface area contributed by atoms with Crippen molar-refractivity contribution in [2.75, 3.05) is 72.2 Å². The van der Waals surface area contributed by atoms with Crippen LogP contribution in [-0.2, 0) is 57.2 Å². The van der Waals surface area contributed by atoms with Crippen LogP contribution in [0.3, 0.4) is 0 Å². The minimum absolute atomic E-state index is 0.116. The van der Waals surface area contributed by atoms with Crippen LogP contribution in [0.5, 0.6) is 0 Å². The summed E-state index contributed by atoms with van der Waals surface area (Å²) in [5.41, 5.74) is 30.0. The molecule has 0 amide bonds. The number of anilines is 6. The number of pyridine rings is 6. The van der Waals surface area contributed by atoms with Gasteiger partial charge in [-0.1, -0.05) is 243 Å². The molecule has 0 radical (unpaired) electrons. The molecule has 16 aromatic rings. The number of ether oxygens (including phenoxy) is 6. The highest BCUT2D eigenvalue weighted by Crippen LogP contribution is 2.26. The lowest BCUT2D eigenvalue weighted by Crippen LogP contribution is -2.21. The van der Waals surface area contributed by atoms with E-state index in [9.17, 15) is 28.8 Å². The zero-order chi connectivity index (χ0) is 95.5. The van der Waals surface area contributed by atoms with Crippen molar-refractivity contribution in [2.45, 2.75) is 41.5 Å². The SMILES string of the molecule is CCOC(=O)/C(=N/Nc1cccc2cccnc12)c1ccccc1.CCOC(=O)/C(=N/Nc1cccc2cccnc12)c1ccccn1.CCOC(=O)/C(=N/Nc1ccccc1)c1ccccc1.CCOC(=O)/C(=N\Nc1cccc2cccnc12)c1ccccc1.CCOC(=O)/C(=N\Nc1cccc2cccnc12)c1ccccn1.CCOC(=O)/C(=N\Nc1ccccc1)c1ccccc1. The Balaban J connectivity index is 0.000000157. The van der Waals surface area contributed by atoms with Crippen LogP contribution >= 0.6 is 0 Å². The molecule has 0 saturated carbocycles. The first kappa shape index (κ1) is 98.4. The van der Waals surface area contributed by atoms with Crippen molar-refractivity contribution in [2.24, 2.45) is 30.6 Å². The van der Waals surface area contributed by atoms with Gasteiger partial charge in [-0.05, 0) is 139 Å². The van der Waals surface area contributed by atoms with Gasteiger partial charge in [0.05, 0.1) is 107 Å². The second kappa shape index (κ2) is 54.3. The molecule has 136 heavy (non-hydrogen) atoms. The van der Waals surface area contributed by atoms with Gasteiger partial charge in [0.2, 0.25) is 0 Å². The minimum atomic E-state index is -0.531. The quantitative estimate of drug-likeness (QED) is 0.0105. The van der Waals surface area contributed by atoms with Gasteiger partial charge < -0.3 is 28.4 Å². The monoisotopic (exact) mass is 1810 g/mol. The smallest absolute Gasteiger partial charge is 0.361 e. The third kappa shape index (κ3) is 29.9. The zero-order valence-corrected chi connectivity index (χ0v) is 75.3. The molecule has 6 heterocycles. The number of hydrogen-bond donors (Lipinski definition) is 6. The molecule has 6 aromatic heterocycles. The molecule has 16 rings (SSSR count). The van der Waals surface area contributed by atoms with Crippen molar-refractivity contribution in [1.82, 2.24) is 29.9 Å². The lowest BCUT2D eigenvalue weighted by Gasteiger charge is -2.08. The van der Waals surface area contributed by atoms with E-state index in [1.807, 2.05) is 303 Å². The maximum atomic E-state index is 12.2. The number of benzene rings is 10. The number of carbonyl (C=O) groups is 6. The first-order chi connectivity index (χ1) is 66.8. The van der Waals surface area contributed by atoms with E-state index in [1.165, 1.54) is 0 Å². The molecule has 0 fully saturated rings. The Hall–Kier alpha value is -18.2. The zero-order valence-electron chi connectivity index (χ0n) is 75.3. The number of nitrogens with zero attached hydrogens (tertiary/aromatic N) is 12. The molecule has 684 valence electrons. The molecule has 30 nitrogen and oxygen atoms in total. The predicted octanol–water partition coefficient (Wildman–Crippen LogP) is 19.4. The third-order valence-corrected chi connectivity index (χ3v) is 18.6. The fraction of sp³-hybridized carbons (Fsp3) is 0.113. The van der Waals surface area contributed by atoms with Gasteiger partial charge in [0.1, 0.15) is 0 Å². The highest BCUT2D eigenvalue weighted by molar-refractivity contribution is 6.46. The Morgan fingerprint density at radius 1 is 0.206 bits per heavy atom. The minimum Gasteiger partial charge on any atom is -0.461 e. The Bertz CT molecular complexity index is 6030. The van der Waals surface area contributed by atoms with E-state index in [0.717, 1.165) is 77.5 Å². The molecule has 0 spiro atoms. The van der Waals surface area contributed by atoms with E-state index >= 15 is 0 Å². The summed E-state index contributed by atoms with van der Waals surface area (Å²) in [7, 11) is 0. The summed E-state index contributed by atoms with van der Waals surface area (Å²) < 4.78 is 30.4. The number of para-hydroxylation sites is 6. The number of rotatable bonds is 30. The molecule has 0 atom stereocenters. The largest absolute Gasteiger partial charge is 0.461 e. The van der Waals surface area contributed by atoms with Gasteiger partial charge >= 0.3 is 35.8 Å². The lowest BCUT2D eigenvalue weighted by atomic mass is 10.1. The van der Waals surface area contributed by atoms with Gasteiger partial charge in [-0.3, -0.25) is 62.5 Å². The normalized spacial score (nSPS) is 11.2. The van der Waals surface area contributed by atoms with Gasteiger partial charge in [0, 0.05) is 81.0 Å². The van der Waals surface area contributed by atoms with Crippen LogP contribution in [0.2, 0.25) is 0 Å². The average molecular weight is 1820 g/mol. The molecule has 0 saturated heterocycles. The Labute approximate surface area is 785 Å². The predicted molar refractivity (Wildman–Crippen MR) is 535 cm³/mol. The number of nitrogens with one attached hydrogen (secondary N) is 6. The van der Waals surface area contributed by atoms with Crippen molar-refractivity contribution in [3.8, 4) is 0 Å². The van der Waals surface area contributed by atoms with Crippen LogP contribution in [0.25, 0.3) is 43.6 Å². The van der Waals surface area contributed by atoms with Gasteiger partial charge in [0.15, 0.2) is 34.3 Å². The van der Waals surface area contributed by atoms with Gasteiger partial charge in [-0.15, -0.1) is 0 Å². The standard InChI is InChI=1S/2C19H17N3O2.2C18H16N4O2.2C16H16N2O2/c2*1-2-24-19(23)18(15-8-4-3-5-9-15)22-21-16-12-6-10-14-11-7-13-20-17(14)16;2*1-2-24-18(23)17(14-9-3-4-11-19-14)22-21-15-10-5-7-13-8-6-12-20-16(13)15;2*1-2-20-16(19)15(13-9-5-3-6-10-13)18-17-14-11-7-4-8-12-14/h2*3-13,21H,2H2,1H3;2*3-12,21H,2H2,1H3;2*3-12,17H,2H2,1H3/b22-18+;22-18-;22-17+;22-17-;18-15+;18-15-. The van der Waals surface area contributed by atoms with Crippen molar-refractivity contribution >= 4 is 148 Å². The summed E-state index contributed by atoms with van der Waals surface area (Å²) in [6.07, 6.45) is 10.1. The number of esters is 6. The second-order valence-electron chi connectivity index (χ2n) is 27.9. The fourth-order valence-corrected chi connectivity index (χ4v) is 12.4. The number of aromatic nitrogens is 6. The van der Waals surface area contributed by atoms with E-state index in [4.69, 9.17) is 28.4 Å². The van der Waals surface area contributed by atoms with Crippen LogP contribution in [-0.4, -0.2) is 140 Å². The van der Waals surface area contributed by atoms with Crippen molar-refractivity contribution < 1.29 is 57.2 Å². The first-order valence-electron chi connectivity index (χ1n) is 43.3. The molecule has 0 aliphatic carbocycles. The molecule has 10 aromatic carbocycles. The maximum absolute atomic E-state index is 12.2. The van der Waals surface area contributed by atoms with Crippen LogP contribution in [0, 0.1) is 0 Å². The third-order valence-electron chi connectivity index (χ3n) is 18.6. The van der Waals surface area contributed by atoms with E-state index in [1.54, 1.807) is 115 Å². The Kier molecular flexibility index (Phi) is 39.3. The topological polar surface area (TPSA) is 381 Å². The number of carbonyl (C=O) groups excluding carboxylic acids is 6. The van der Waals surface area contributed by atoms with E-state index in [-0.39, 0.29) is 47.5 Å². The van der Waals surface area contributed by atoms with Crippen molar-refractivity contribution in [3.05, 3.63) is 411 Å². The molecular weight excluding hydrogens is 1720 g/mol. The number of hydrogen-bond acceptors (Lipinski definition) is 30. The van der Waals surface area contributed by atoms with E-state index < -0.39 is 35.8 Å². The maximum Gasteiger partial charge on any atom is 0.361 e. The Morgan fingerprint density at radius 2 is 0.404 bits per heavy atom. The number of hydrazone groups is 6. The van der Waals surface area contributed by atoms with Crippen LogP contribution in [0.4, 0.5) is 34.1 Å². The summed E-state index contributed by atoms with van der Waals surface area (Å²) in [5, 5.41) is 29.3. The molecular formula is C106H98N18O12. The molecule has 0 aliphatic heterocycles. The van der Waals surface area contributed by atoms with E-state index in [2.05, 4.69) is 93.1 Å². The van der Waals surface area contributed by atoms with Crippen LogP contribution in [0.15, 0.2) is 408 Å². The molecule has 30 heteroatoms. The van der Waals surface area contributed by atoms with Crippen molar-refractivity contribution in [3.63, 3.8) is 0 Å². The number of fused-ring (bicyclic) bond motifs is 4. The second-order valence-corrected chi connectivity index (χ2v) is 27.9. The van der Waals surface area contributed by atoms with E-state index in [0.29, 0.717) is 60.3 Å². The summed E-state index contributed by atoms with van der Waals surface area (Å²) >= 11 is 0. The summed E-state index contributed by atoms with van der Waals surface area (Å²) in [6.45, 7) is 12.3. The highest BCUT2D eigenvalue weighted by Gasteiger charge is 2.23. The highest BCUT2D eigenvalue weighted by atomic mass is 16.6. The van der Waals surface area contributed by atoms with Crippen LogP contribution < -0.4 is 32.6 Å². The van der Waals surface area contributed by atoms with Crippen LogP contribution in [0.1, 0.15) is 75.2 Å².